The average molecular weight is 479 g/mol. The van der Waals surface area contributed by atoms with E-state index in [-0.39, 0.29) is 15.6 Å². The molecule has 1 N–H and O–H groups in total. The number of thiazole rings is 1. The van der Waals surface area contributed by atoms with Gasteiger partial charge in [-0.2, -0.15) is 26.3 Å². The van der Waals surface area contributed by atoms with Crippen LogP contribution < -0.4 is 4.72 Å². The van der Waals surface area contributed by atoms with Gasteiger partial charge < -0.3 is 0 Å². The fourth-order valence-corrected chi connectivity index (χ4v) is 4.86. The number of pyridine rings is 1. The summed E-state index contributed by atoms with van der Waals surface area (Å²) in [5.74, 6) is 0. The molecule has 3 rings (SSSR count). The van der Waals surface area contributed by atoms with Crippen LogP contribution in [0.1, 0.15) is 23.7 Å². The molecule has 1 aromatic carbocycles. The molecule has 1 unspecified atom stereocenters. The van der Waals surface area contributed by atoms with Gasteiger partial charge in [0.25, 0.3) is 0 Å². The Kier molecular flexibility index (Phi) is 6.07. The molecule has 0 bridgehead atoms. The van der Waals surface area contributed by atoms with Crippen LogP contribution >= 0.6 is 11.3 Å². The van der Waals surface area contributed by atoms with E-state index in [2.05, 4.69) is 14.7 Å². The number of halogens is 6. The van der Waals surface area contributed by atoms with Crippen molar-refractivity contribution in [1.29, 1.82) is 0 Å². The summed E-state index contributed by atoms with van der Waals surface area (Å²) >= 11 is 1.10. The molecule has 2 aromatic heterocycles. The first-order valence-electron chi connectivity index (χ1n) is 8.55. The standard InChI is InChI=1S/C19H15F6N3OS2/c1-11(13-5-8-16(26-9-13)19(23,24)25)31(2,29)28-17-27-15(10-30-17)12-3-6-14(7-4-12)18(20,21)22/h3-10H,1-2H3,(H,27,28,29). The molecular weight excluding hydrogens is 464 g/mol. The van der Waals surface area contributed by atoms with Crippen molar-refractivity contribution in [1.82, 2.24) is 9.97 Å². The lowest BCUT2D eigenvalue weighted by Gasteiger charge is -2.12. The Hall–Kier alpha value is -2.60. The fraction of sp³-hybridized carbons (Fsp3) is 0.211. The minimum absolute atomic E-state index is 0.251. The maximum atomic E-state index is 13.1. The highest BCUT2D eigenvalue weighted by Gasteiger charge is 2.32. The Morgan fingerprint density at radius 2 is 1.65 bits per heavy atom. The molecule has 4 nitrogen and oxygen atoms in total. The van der Waals surface area contributed by atoms with Crippen molar-refractivity contribution >= 4 is 31.0 Å². The highest BCUT2D eigenvalue weighted by molar-refractivity contribution is 8.03. The molecular formula is C19H15F6N3OS2. The second-order valence-electron chi connectivity index (χ2n) is 6.54. The maximum Gasteiger partial charge on any atom is 0.433 e. The number of benzene rings is 1. The van der Waals surface area contributed by atoms with Crippen molar-refractivity contribution in [3.8, 4) is 11.3 Å². The largest absolute Gasteiger partial charge is 0.433 e. The molecule has 0 amide bonds. The van der Waals surface area contributed by atoms with Crippen LogP contribution in [-0.4, -0.2) is 25.3 Å². The highest BCUT2D eigenvalue weighted by Crippen LogP contribution is 2.32. The van der Waals surface area contributed by atoms with Crippen molar-refractivity contribution in [2.75, 3.05) is 11.0 Å². The minimum atomic E-state index is -4.58. The Morgan fingerprint density at radius 1 is 1.00 bits per heavy atom. The quantitative estimate of drug-likeness (QED) is 0.296. The van der Waals surface area contributed by atoms with Gasteiger partial charge in [0.1, 0.15) is 5.69 Å². The number of hydrogen-bond donors (Lipinski definition) is 1. The summed E-state index contributed by atoms with van der Waals surface area (Å²) in [4.78, 5) is 7.89. The normalized spacial score (nSPS) is 14.2. The van der Waals surface area contributed by atoms with E-state index in [0.717, 1.165) is 35.7 Å². The number of anilines is 1. The van der Waals surface area contributed by atoms with Crippen LogP contribution in [0.25, 0.3) is 11.3 Å². The van der Waals surface area contributed by atoms with Gasteiger partial charge in [-0.05, 0) is 25.1 Å². The lowest BCUT2D eigenvalue weighted by atomic mass is 10.1. The molecule has 0 saturated carbocycles. The van der Waals surface area contributed by atoms with Crippen LogP contribution in [0, 0.1) is 0 Å². The van der Waals surface area contributed by atoms with E-state index in [9.17, 15) is 30.6 Å². The van der Waals surface area contributed by atoms with Gasteiger partial charge in [-0.25, -0.2) is 9.19 Å². The van der Waals surface area contributed by atoms with E-state index >= 15 is 0 Å². The van der Waals surface area contributed by atoms with Gasteiger partial charge in [0, 0.05) is 33.8 Å². The first-order chi connectivity index (χ1) is 14.3. The fourth-order valence-electron chi connectivity index (χ4n) is 2.52. The molecule has 0 saturated heterocycles. The number of alkyl halides is 6. The topological polar surface area (TPSA) is 54.9 Å². The number of aromatic nitrogens is 2. The van der Waals surface area contributed by atoms with Crippen LogP contribution in [-0.2, 0) is 22.1 Å². The van der Waals surface area contributed by atoms with Gasteiger partial charge in [-0.3, -0.25) is 9.71 Å². The van der Waals surface area contributed by atoms with Gasteiger partial charge in [0.15, 0.2) is 5.13 Å². The molecule has 0 aliphatic rings. The predicted octanol–water partition coefficient (Wildman–Crippen LogP) is 5.72. The van der Waals surface area contributed by atoms with Crippen molar-refractivity contribution < 1.29 is 30.6 Å². The summed E-state index contributed by atoms with van der Waals surface area (Å²) in [6.45, 7) is 1.50. The summed E-state index contributed by atoms with van der Waals surface area (Å²) < 4.78 is 91.9. The summed E-state index contributed by atoms with van der Waals surface area (Å²) in [5, 5.41) is 1.84. The molecule has 0 spiro atoms. The van der Waals surface area contributed by atoms with Gasteiger partial charge in [-0.15, -0.1) is 11.3 Å². The van der Waals surface area contributed by atoms with Crippen molar-refractivity contribution in [2.45, 2.75) is 19.3 Å². The molecule has 12 heteroatoms. The lowest BCUT2D eigenvalue weighted by Crippen LogP contribution is -2.20. The third kappa shape index (κ3) is 5.37. The molecule has 0 aliphatic heterocycles. The van der Waals surface area contributed by atoms with Gasteiger partial charge >= 0.3 is 12.4 Å². The molecule has 0 radical (unpaired) electrons. The molecule has 0 fully saturated rings. The second kappa shape index (κ2) is 8.15. The Morgan fingerprint density at radius 3 is 2.16 bits per heavy atom. The molecule has 1 atom stereocenters. The first-order valence-corrected chi connectivity index (χ1v) is 11.4. The minimum Gasteiger partial charge on any atom is -0.288 e. The van der Waals surface area contributed by atoms with Gasteiger partial charge in [0.05, 0.1) is 21.0 Å². The SMILES string of the molecule is CC(c1ccc(C(F)(F)F)nc1)=S(C)(=O)Nc1nc(-c2ccc(C(F)(F)F)cc2)cs1. The second-order valence-corrected chi connectivity index (χ2v) is 9.91. The third-order valence-electron chi connectivity index (χ3n) is 4.34. The van der Waals surface area contributed by atoms with Crippen LogP contribution in [0.5, 0.6) is 0 Å². The van der Waals surface area contributed by atoms with Gasteiger partial charge in [0.2, 0.25) is 0 Å². The monoisotopic (exact) mass is 479 g/mol. The number of nitrogens with zero attached hydrogens (tertiary/aromatic N) is 2. The van der Waals surface area contributed by atoms with Crippen LogP contribution in [0.2, 0.25) is 0 Å². The summed E-state index contributed by atoms with van der Waals surface area (Å²) in [5.41, 5.74) is -0.720. The Bertz CT molecular complexity index is 1190. The van der Waals surface area contributed by atoms with E-state index in [0.29, 0.717) is 11.3 Å². The van der Waals surface area contributed by atoms with Gasteiger partial charge in [-0.1, -0.05) is 18.2 Å². The first kappa shape index (κ1) is 23.1. The highest BCUT2D eigenvalue weighted by atomic mass is 32.2. The van der Waals surface area contributed by atoms with E-state index in [1.165, 1.54) is 31.4 Å². The van der Waals surface area contributed by atoms with Crippen LogP contribution in [0.15, 0.2) is 48.0 Å². The van der Waals surface area contributed by atoms with E-state index in [4.69, 9.17) is 0 Å². The van der Waals surface area contributed by atoms with Crippen molar-refractivity contribution in [3.05, 3.63) is 64.8 Å². The zero-order valence-electron chi connectivity index (χ0n) is 16.0. The summed E-state index contributed by atoms with van der Waals surface area (Å²) in [7, 11) is -2.92. The zero-order chi connectivity index (χ0) is 23.0. The van der Waals surface area contributed by atoms with Crippen LogP contribution in [0.4, 0.5) is 31.5 Å². The number of rotatable bonds is 4. The number of hydrogen-bond acceptors (Lipinski definition) is 4. The van der Waals surface area contributed by atoms with Crippen molar-refractivity contribution in [3.63, 3.8) is 0 Å². The summed E-state index contributed by atoms with van der Waals surface area (Å²) in [6.07, 6.45) is -6.65. The summed E-state index contributed by atoms with van der Waals surface area (Å²) in [6, 6.07) is 6.46. The predicted molar refractivity (Wildman–Crippen MR) is 109 cm³/mol. The Balaban J connectivity index is 1.83. The molecule has 0 aliphatic carbocycles. The van der Waals surface area contributed by atoms with Crippen LogP contribution in [0.3, 0.4) is 0 Å². The molecule has 3 aromatic rings. The molecule has 2 heterocycles. The number of nitrogens with one attached hydrogen (secondary N) is 1. The molecule has 166 valence electrons. The average Bonchev–Trinajstić information content (AvgIpc) is 3.14. The molecule has 31 heavy (non-hydrogen) atoms. The third-order valence-corrected chi connectivity index (χ3v) is 7.21. The maximum absolute atomic E-state index is 13.1. The smallest absolute Gasteiger partial charge is 0.288 e. The Labute approximate surface area is 178 Å². The van der Waals surface area contributed by atoms with E-state index in [1.54, 1.807) is 5.38 Å². The van der Waals surface area contributed by atoms with E-state index < -0.39 is 33.3 Å². The zero-order valence-corrected chi connectivity index (χ0v) is 17.6. The lowest BCUT2D eigenvalue weighted by molar-refractivity contribution is -0.141. The van der Waals surface area contributed by atoms with Crippen molar-refractivity contribution in [2.24, 2.45) is 0 Å². The van der Waals surface area contributed by atoms with E-state index in [1.807, 2.05) is 0 Å².